The molecule has 0 bridgehead atoms. The summed E-state index contributed by atoms with van der Waals surface area (Å²) in [4.78, 5) is 15.1. The van der Waals surface area contributed by atoms with E-state index in [-0.39, 0.29) is 0 Å². The highest BCUT2D eigenvalue weighted by Gasteiger charge is 2.27. The average molecular weight is 428 g/mol. The lowest BCUT2D eigenvalue weighted by Gasteiger charge is -2.39. The van der Waals surface area contributed by atoms with Crippen LogP contribution in [0.2, 0.25) is 0 Å². The molecule has 2 aliphatic rings. The van der Waals surface area contributed by atoms with E-state index in [0.717, 1.165) is 48.5 Å². The van der Waals surface area contributed by atoms with Crippen LogP contribution in [-0.4, -0.2) is 58.2 Å². The van der Waals surface area contributed by atoms with Gasteiger partial charge in [-0.05, 0) is 61.1 Å². The Kier molecular flexibility index (Phi) is 5.25. The maximum absolute atomic E-state index is 5.52. The number of ether oxygens (including phenoxy) is 1. The second-order valence-electron chi connectivity index (χ2n) is 9.00. The Hall–Kier alpha value is -2.96. The maximum atomic E-state index is 5.52. The first-order valence-electron chi connectivity index (χ1n) is 11.7. The molecule has 1 aliphatic heterocycles. The summed E-state index contributed by atoms with van der Waals surface area (Å²) in [6, 6.07) is 16.2. The molecule has 2 fully saturated rings. The Labute approximate surface area is 188 Å². The highest BCUT2D eigenvalue weighted by atomic mass is 16.5. The molecule has 0 spiro atoms. The quantitative estimate of drug-likeness (QED) is 0.488. The van der Waals surface area contributed by atoms with Gasteiger partial charge in [-0.25, -0.2) is 9.97 Å². The van der Waals surface area contributed by atoms with Crippen molar-refractivity contribution in [2.75, 3.05) is 31.6 Å². The van der Waals surface area contributed by atoms with Crippen LogP contribution >= 0.6 is 0 Å². The molecule has 2 aromatic carbocycles. The monoisotopic (exact) mass is 427 g/mol. The third-order valence-corrected chi connectivity index (χ3v) is 7.14. The van der Waals surface area contributed by atoms with E-state index in [1.54, 1.807) is 6.33 Å². The van der Waals surface area contributed by atoms with Crippen molar-refractivity contribution in [3.05, 3.63) is 55.0 Å². The van der Waals surface area contributed by atoms with Crippen LogP contribution < -0.4 is 5.32 Å². The topological polar surface area (TPSA) is 66.1 Å². The number of nitrogens with zero attached hydrogens (tertiary/aromatic N) is 3. The molecule has 3 heterocycles. The fourth-order valence-corrected chi connectivity index (χ4v) is 5.40. The van der Waals surface area contributed by atoms with Crippen molar-refractivity contribution in [2.24, 2.45) is 0 Å². The minimum absolute atomic E-state index is 0.460. The lowest BCUT2D eigenvalue weighted by Crippen LogP contribution is -2.46. The van der Waals surface area contributed by atoms with Crippen LogP contribution in [0.3, 0.4) is 0 Å². The first-order valence-corrected chi connectivity index (χ1v) is 11.7. The van der Waals surface area contributed by atoms with Gasteiger partial charge in [0.2, 0.25) is 0 Å². The van der Waals surface area contributed by atoms with Gasteiger partial charge < -0.3 is 15.0 Å². The van der Waals surface area contributed by atoms with Gasteiger partial charge in [-0.3, -0.25) is 4.90 Å². The molecule has 2 N–H and O–H groups in total. The van der Waals surface area contributed by atoms with Gasteiger partial charge in [0.05, 0.1) is 18.7 Å². The first-order chi connectivity index (χ1) is 15.8. The zero-order chi connectivity index (χ0) is 21.3. The summed E-state index contributed by atoms with van der Waals surface area (Å²) in [5.74, 6) is 0.952. The van der Waals surface area contributed by atoms with Gasteiger partial charge >= 0.3 is 0 Å². The van der Waals surface area contributed by atoms with Gasteiger partial charge in [0, 0.05) is 47.7 Å². The van der Waals surface area contributed by atoms with Crippen LogP contribution in [0.25, 0.3) is 32.9 Å². The van der Waals surface area contributed by atoms with E-state index in [0.29, 0.717) is 12.1 Å². The van der Waals surface area contributed by atoms with Crippen LogP contribution in [-0.2, 0) is 4.74 Å². The molecule has 4 aromatic rings. The largest absolute Gasteiger partial charge is 0.379 e. The number of hydrogen-bond donors (Lipinski definition) is 2. The van der Waals surface area contributed by atoms with E-state index in [1.165, 1.54) is 42.2 Å². The Morgan fingerprint density at radius 1 is 0.938 bits per heavy atom. The van der Waals surface area contributed by atoms with E-state index < -0.39 is 0 Å². The van der Waals surface area contributed by atoms with Crippen molar-refractivity contribution in [3.8, 4) is 11.1 Å². The minimum Gasteiger partial charge on any atom is -0.379 e. The minimum atomic E-state index is 0.460. The number of anilines is 1. The fraction of sp³-hybridized carbons (Fsp3) is 0.385. The molecule has 1 aliphatic carbocycles. The fourth-order valence-electron chi connectivity index (χ4n) is 5.40. The Morgan fingerprint density at radius 3 is 2.69 bits per heavy atom. The van der Waals surface area contributed by atoms with Crippen molar-refractivity contribution < 1.29 is 4.74 Å². The molecule has 6 rings (SSSR count). The summed E-state index contributed by atoms with van der Waals surface area (Å²) in [7, 11) is 0. The molecule has 0 atom stereocenters. The summed E-state index contributed by atoms with van der Waals surface area (Å²) in [5.41, 5.74) is 4.56. The second kappa shape index (κ2) is 8.52. The zero-order valence-corrected chi connectivity index (χ0v) is 18.3. The third kappa shape index (κ3) is 3.74. The molecule has 1 saturated carbocycles. The van der Waals surface area contributed by atoms with Gasteiger partial charge in [0.25, 0.3) is 0 Å². The first kappa shape index (κ1) is 19.7. The Morgan fingerprint density at radius 2 is 1.81 bits per heavy atom. The molecule has 6 heteroatoms. The Bertz CT molecular complexity index is 1220. The van der Waals surface area contributed by atoms with Crippen molar-refractivity contribution in [3.63, 3.8) is 0 Å². The summed E-state index contributed by atoms with van der Waals surface area (Å²) in [5, 5.41) is 6.08. The molecular formula is C26H29N5O. The zero-order valence-electron chi connectivity index (χ0n) is 18.3. The van der Waals surface area contributed by atoms with Crippen LogP contribution in [0, 0.1) is 0 Å². The van der Waals surface area contributed by atoms with Crippen molar-refractivity contribution in [1.82, 2.24) is 19.9 Å². The molecule has 1 saturated heterocycles. The van der Waals surface area contributed by atoms with Gasteiger partial charge in [0.15, 0.2) is 0 Å². The summed E-state index contributed by atoms with van der Waals surface area (Å²) < 4.78 is 5.52. The van der Waals surface area contributed by atoms with Crippen molar-refractivity contribution in [1.29, 1.82) is 0 Å². The molecule has 6 nitrogen and oxygen atoms in total. The van der Waals surface area contributed by atoms with E-state index in [4.69, 9.17) is 4.74 Å². The van der Waals surface area contributed by atoms with Crippen molar-refractivity contribution >= 4 is 27.6 Å². The predicted octanol–water partition coefficient (Wildman–Crippen LogP) is 4.83. The molecular weight excluding hydrogens is 398 g/mol. The summed E-state index contributed by atoms with van der Waals surface area (Å²) >= 11 is 0. The van der Waals surface area contributed by atoms with Gasteiger partial charge in [0.1, 0.15) is 12.1 Å². The maximum Gasteiger partial charge on any atom is 0.137 e. The molecule has 0 amide bonds. The smallest absolute Gasteiger partial charge is 0.137 e. The number of hydrogen-bond acceptors (Lipinski definition) is 5. The van der Waals surface area contributed by atoms with Crippen LogP contribution in [0.1, 0.15) is 25.7 Å². The lowest BCUT2D eigenvalue weighted by molar-refractivity contribution is 0.00791. The number of H-pyrrole nitrogens is 1. The predicted molar refractivity (Wildman–Crippen MR) is 129 cm³/mol. The normalized spacial score (nSPS) is 22.4. The number of rotatable bonds is 4. The number of morpholine rings is 1. The van der Waals surface area contributed by atoms with E-state index in [1.807, 2.05) is 6.20 Å². The second-order valence-corrected chi connectivity index (χ2v) is 9.00. The number of fused-ring (bicyclic) bond motifs is 2. The summed E-state index contributed by atoms with van der Waals surface area (Å²) in [6.45, 7) is 3.92. The molecule has 32 heavy (non-hydrogen) atoms. The van der Waals surface area contributed by atoms with Gasteiger partial charge in [-0.15, -0.1) is 0 Å². The molecule has 2 aromatic heterocycles. The summed E-state index contributed by atoms with van der Waals surface area (Å²) in [6.07, 6.45) is 8.50. The SMILES string of the molecule is c1cc(-c2ccc3ncnc(NC4CCC(N5CCOCC5)CC4)c3c2)c2cc[nH]c2c1. The lowest BCUT2D eigenvalue weighted by atomic mass is 9.90. The number of aromatic amines is 1. The molecule has 164 valence electrons. The number of aromatic nitrogens is 3. The van der Waals surface area contributed by atoms with Crippen LogP contribution in [0.4, 0.5) is 5.82 Å². The Balaban J connectivity index is 1.24. The number of nitrogens with one attached hydrogen (secondary N) is 2. The highest BCUT2D eigenvalue weighted by molar-refractivity contribution is 5.99. The molecule has 0 unspecified atom stereocenters. The third-order valence-electron chi connectivity index (χ3n) is 7.14. The van der Waals surface area contributed by atoms with Crippen molar-refractivity contribution in [2.45, 2.75) is 37.8 Å². The standard InChI is InChI=1S/C26H29N5O/c1-2-21(22-10-11-27-24(22)3-1)18-4-9-25-23(16-18)26(29-17-28-25)30-19-5-7-20(8-6-19)31-12-14-32-15-13-31/h1-4,9-11,16-17,19-20,27H,5-8,12-15H2,(H,28,29,30). The van der Waals surface area contributed by atoms with Crippen LogP contribution in [0.5, 0.6) is 0 Å². The van der Waals surface area contributed by atoms with E-state index in [9.17, 15) is 0 Å². The molecule has 0 radical (unpaired) electrons. The van der Waals surface area contributed by atoms with E-state index in [2.05, 4.69) is 67.6 Å². The van der Waals surface area contributed by atoms with Gasteiger partial charge in [-0.1, -0.05) is 18.2 Å². The van der Waals surface area contributed by atoms with Crippen LogP contribution in [0.15, 0.2) is 55.0 Å². The van der Waals surface area contributed by atoms with E-state index >= 15 is 0 Å². The number of benzene rings is 2. The van der Waals surface area contributed by atoms with Gasteiger partial charge in [-0.2, -0.15) is 0 Å². The average Bonchev–Trinajstić information content (AvgIpc) is 3.34. The highest BCUT2D eigenvalue weighted by Crippen LogP contribution is 2.33.